The maximum atomic E-state index is 12.7. The number of rotatable bonds is 6. The van der Waals surface area contributed by atoms with Gasteiger partial charge in [-0.25, -0.2) is 8.42 Å². The van der Waals surface area contributed by atoms with Gasteiger partial charge in [0.2, 0.25) is 15.6 Å². The van der Waals surface area contributed by atoms with E-state index in [-0.39, 0.29) is 23.1 Å². The molecule has 0 saturated carbocycles. The van der Waals surface area contributed by atoms with Crippen LogP contribution in [0.4, 0.5) is 5.69 Å². The molecular weight excluding hydrogens is 342 g/mol. The molecule has 2 rings (SSSR count). The summed E-state index contributed by atoms with van der Waals surface area (Å²) in [7, 11) is -4.03. The smallest absolute Gasteiger partial charge is 0.330 e. The number of halogens is 1. The molecule has 0 aromatic heterocycles. The SMILES string of the molecule is Cc1ccc(S(=O)(=O)c2ccccc2)c([N+](=O)[O-])c1OCCCl. The van der Waals surface area contributed by atoms with Gasteiger partial charge in [-0.15, -0.1) is 11.6 Å². The highest BCUT2D eigenvalue weighted by molar-refractivity contribution is 7.91. The van der Waals surface area contributed by atoms with Gasteiger partial charge in [-0.05, 0) is 30.7 Å². The average molecular weight is 356 g/mol. The third-order valence-electron chi connectivity index (χ3n) is 3.14. The fraction of sp³-hybridized carbons (Fsp3) is 0.200. The highest BCUT2D eigenvalue weighted by Crippen LogP contribution is 2.39. The molecule has 0 amide bonds. The van der Waals surface area contributed by atoms with Crippen molar-refractivity contribution in [1.82, 2.24) is 0 Å². The number of sulfone groups is 1. The molecule has 0 N–H and O–H groups in total. The van der Waals surface area contributed by atoms with Crippen LogP contribution < -0.4 is 4.74 Å². The Hall–Kier alpha value is -2.12. The maximum absolute atomic E-state index is 12.7. The number of nitro benzene ring substituents is 1. The van der Waals surface area contributed by atoms with E-state index in [1.165, 1.54) is 24.3 Å². The molecule has 0 spiro atoms. The summed E-state index contributed by atoms with van der Waals surface area (Å²) < 4.78 is 30.7. The second-order valence-corrected chi connectivity index (χ2v) is 6.97. The largest absolute Gasteiger partial charge is 0.485 e. The zero-order valence-corrected chi connectivity index (χ0v) is 13.8. The van der Waals surface area contributed by atoms with E-state index in [1.54, 1.807) is 25.1 Å². The topological polar surface area (TPSA) is 86.5 Å². The number of nitro groups is 1. The Morgan fingerprint density at radius 1 is 1.17 bits per heavy atom. The van der Waals surface area contributed by atoms with Gasteiger partial charge in [0, 0.05) is 0 Å². The van der Waals surface area contributed by atoms with E-state index in [0.717, 1.165) is 0 Å². The Bertz CT molecular complexity index is 821. The van der Waals surface area contributed by atoms with Crippen LogP contribution in [0.2, 0.25) is 0 Å². The van der Waals surface area contributed by atoms with Crippen molar-refractivity contribution >= 4 is 27.1 Å². The number of hydrogen-bond donors (Lipinski definition) is 0. The molecule has 2 aromatic rings. The van der Waals surface area contributed by atoms with Crippen LogP contribution in [-0.4, -0.2) is 25.8 Å². The molecule has 0 saturated heterocycles. The van der Waals surface area contributed by atoms with Crippen molar-refractivity contribution in [3.63, 3.8) is 0 Å². The number of nitrogens with zero attached hydrogens (tertiary/aromatic N) is 1. The van der Waals surface area contributed by atoms with E-state index in [9.17, 15) is 18.5 Å². The summed E-state index contributed by atoms with van der Waals surface area (Å²) in [5, 5.41) is 11.5. The van der Waals surface area contributed by atoms with Crippen molar-refractivity contribution in [2.24, 2.45) is 0 Å². The van der Waals surface area contributed by atoms with Gasteiger partial charge in [0.05, 0.1) is 15.7 Å². The monoisotopic (exact) mass is 355 g/mol. The van der Waals surface area contributed by atoms with Crippen LogP contribution >= 0.6 is 11.6 Å². The first-order valence-corrected chi connectivity index (χ1v) is 8.68. The number of aryl methyl sites for hydroxylation is 1. The molecule has 23 heavy (non-hydrogen) atoms. The molecule has 0 aliphatic carbocycles. The molecule has 0 heterocycles. The Morgan fingerprint density at radius 2 is 1.83 bits per heavy atom. The van der Waals surface area contributed by atoms with Gasteiger partial charge < -0.3 is 4.74 Å². The second kappa shape index (κ2) is 6.97. The lowest BCUT2D eigenvalue weighted by atomic mass is 10.2. The highest BCUT2D eigenvalue weighted by Gasteiger charge is 2.32. The van der Waals surface area contributed by atoms with E-state index >= 15 is 0 Å². The third-order valence-corrected chi connectivity index (χ3v) is 5.10. The van der Waals surface area contributed by atoms with Crippen LogP contribution in [0.5, 0.6) is 5.75 Å². The number of hydrogen-bond acceptors (Lipinski definition) is 5. The molecule has 6 nitrogen and oxygen atoms in total. The zero-order chi connectivity index (χ0) is 17.0. The minimum atomic E-state index is -4.03. The van der Waals surface area contributed by atoms with E-state index in [0.29, 0.717) is 5.56 Å². The van der Waals surface area contributed by atoms with Gasteiger partial charge in [-0.3, -0.25) is 10.1 Å². The highest BCUT2D eigenvalue weighted by atomic mass is 35.5. The standard InChI is InChI=1S/C15H14ClNO5S/c1-11-7-8-13(14(17(18)19)15(11)22-10-9-16)23(20,21)12-5-3-2-4-6-12/h2-8H,9-10H2,1H3. The fourth-order valence-electron chi connectivity index (χ4n) is 2.09. The van der Waals surface area contributed by atoms with Crippen molar-refractivity contribution < 1.29 is 18.1 Å². The lowest BCUT2D eigenvalue weighted by molar-refractivity contribution is -0.388. The summed E-state index contributed by atoms with van der Waals surface area (Å²) in [6.45, 7) is 1.65. The fourth-order valence-corrected chi connectivity index (χ4v) is 3.61. The van der Waals surface area contributed by atoms with Gasteiger partial charge in [0.15, 0.2) is 4.90 Å². The Morgan fingerprint density at radius 3 is 2.39 bits per heavy atom. The number of benzene rings is 2. The van der Waals surface area contributed by atoms with Gasteiger partial charge in [0.1, 0.15) is 6.61 Å². The van der Waals surface area contributed by atoms with E-state index < -0.39 is 25.3 Å². The van der Waals surface area contributed by atoms with E-state index in [1.807, 2.05) is 0 Å². The Labute approximate surface area is 138 Å². The second-order valence-electron chi connectivity index (χ2n) is 4.67. The zero-order valence-electron chi connectivity index (χ0n) is 12.2. The minimum Gasteiger partial charge on any atom is -0.485 e. The molecule has 2 aromatic carbocycles. The first-order chi connectivity index (χ1) is 10.9. The van der Waals surface area contributed by atoms with Crippen molar-refractivity contribution in [3.8, 4) is 5.75 Å². The van der Waals surface area contributed by atoms with Gasteiger partial charge >= 0.3 is 5.69 Å². The molecule has 0 aliphatic rings. The van der Waals surface area contributed by atoms with Crippen LogP contribution in [0.3, 0.4) is 0 Å². The summed E-state index contributed by atoms with van der Waals surface area (Å²) >= 11 is 5.55. The van der Waals surface area contributed by atoms with Crippen LogP contribution in [0.25, 0.3) is 0 Å². The molecule has 122 valence electrons. The quantitative estimate of drug-likeness (QED) is 0.450. The number of ether oxygens (including phenoxy) is 1. The first-order valence-electron chi connectivity index (χ1n) is 6.66. The predicted molar refractivity (Wildman–Crippen MR) is 85.9 cm³/mol. The van der Waals surface area contributed by atoms with Gasteiger partial charge in [-0.1, -0.05) is 24.3 Å². The van der Waals surface area contributed by atoms with Crippen molar-refractivity contribution in [2.45, 2.75) is 16.7 Å². The lowest BCUT2D eigenvalue weighted by Gasteiger charge is -2.12. The van der Waals surface area contributed by atoms with Gasteiger partial charge in [-0.2, -0.15) is 0 Å². The van der Waals surface area contributed by atoms with Crippen molar-refractivity contribution in [2.75, 3.05) is 12.5 Å². The molecule has 0 fully saturated rings. The number of alkyl halides is 1. The summed E-state index contributed by atoms with van der Waals surface area (Å²) in [6, 6.07) is 10.2. The van der Waals surface area contributed by atoms with E-state index in [2.05, 4.69) is 0 Å². The normalized spacial score (nSPS) is 11.2. The Balaban J connectivity index is 2.70. The summed E-state index contributed by atoms with van der Waals surface area (Å²) in [6.07, 6.45) is 0. The molecular formula is C15H14ClNO5S. The molecule has 8 heteroatoms. The molecule has 0 atom stereocenters. The third kappa shape index (κ3) is 3.46. The van der Waals surface area contributed by atoms with Crippen LogP contribution in [0.1, 0.15) is 5.56 Å². The van der Waals surface area contributed by atoms with Crippen molar-refractivity contribution in [3.05, 3.63) is 58.1 Å². The van der Waals surface area contributed by atoms with Crippen LogP contribution in [0, 0.1) is 17.0 Å². The lowest BCUT2D eigenvalue weighted by Crippen LogP contribution is -2.09. The summed E-state index contributed by atoms with van der Waals surface area (Å²) in [5.74, 6) is 0.0550. The first kappa shape index (κ1) is 17.2. The summed E-state index contributed by atoms with van der Waals surface area (Å²) in [4.78, 5) is 10.3. The molecule has 0 radical (unpaired) electrons. The van der Waals surface area contributed by atoms with Crippen molar-refractivity contribution in [1.29, 1.82) is 0 Å². The minimum absolute atomic E-state index is 0.0183. The van der Waals surface area contributed by atoms with Gasteiger partial charge in [0.25, 0.3) is 0 Å². The molecule has 0 aliphatic heterocycles. The Kier molecular flexibility index (Phi) is 5.23. The molecule has 0 bridgehead atoms. The van der Waals surface area contributed by atoms with E-state index in [4.69, 9.17) is 16.3 Å². The predicted octanol–water partition coefficient (Wildman–Crippen LogP) is 3.35. The van der Waals surface area contributed by atoms with Crippen LogP contribution in [0.15, 0.2) is 52.3 Å². The average Bonchev–Trinajstić information content (AvgIpc) is 2.53. The maximum Gasteiger partial charge on any atom is 0.330 e. The summed E-state index contributed by atoms with van der Waals surface area (Å²) in [5.41, 5.74) is -0.104. The molecule has 0 unspecified atom stereocenters. The van der Waals surface area contributed by atoms with Crippen LogP contribution in [-0.2, 0) is 9.84 Å².